The lowest BCUT2D eigenvalue weighted by Gasteiger charge is -2.27. The number of thiophene rings is 1. The van der Waals surface area contributed by atoms with E-state index in [1.807, 2.05) is 6.92 Å². The summed E-state index contributed by atoms with van der Waals surface area (Å²) in [7, 11) is 0. The minimum atomic E-state index is -0.910. The Kier molecular flexibility index (Phi) is 6.21. The van der Waals surface area contributed by atoms with Crippen molar-refractivity contribution < 1.29 is 15.0 Å². The standard InChI is InChI=1S/C15H21NO3S/c1-4-16(11-15(2,3)19)14(18)13-9-8-12(20-13)7-5-6-10-17/h8-9,17,19H,4,6,10-11H2,1-3H3. The minimum absolute atomic E-state index is 0.0410. The molecule has 5 heteroatoms. The van der Waals surface area contributed by atoms with Crippen LogP contribution in [0.2, 0.25) is 0 Å². The van der Waals surface area contributed by atoms with Gasteiger partial charge in [-0.3, -0.25) is 4.79 Å². The maximum atomic E-state index is 12.3. The quantitative estimate of drug-likeness (QED) is 0.813. The Morgan fingerprint density at radius 2 is 2.15 bits per heavy atom. The van der Waals surface area contributed by atoms with Crippen molar-refractivity contribution in [1.29, 1.82) is 0 Å². The minimum Gasteiger partial charge on any atom is -0.395 e. The number of amides is 1. The van der Waals surface area contributed by atoms with Gasteiger partial charge in [0.15, 0.2) is 0 Å². The van der Waals surface area contributed by atoms with Gasteiger partial charge in [-0.25, -0.2) is 0 Å². The maximum absolute atomic E-state index is 12.3. The molecule has 0 radical (unpaired) electrons. The molecule has 0 aliphatic rings. The highest BCUT2D eigenvalue weighted by molar-refractivity contribution is 7.14. The van der Waals surface area contributed by atoms with Gasteiger partial charge in [0.25, 0.3) is 5.91 Å². The molecule has 0 aliphatic carbocycles. The lowest BCUT2D eigenvalue weighted by atomic mass is 10.1. The van der Waals surface area contributed by atoms with Crippen molar-refractivity contribution in [3.8, 4) is 11.8 Å². The number of likely N-dealkylation sites (N-methyl/N-ethyl adjacent to an activating group) is 1. The fourth-order valence-electron chi connectivity index (χ4n) is 1.68. The second-order valence-corrected chi connectivity index (χ2v) is 6.15. The number of nitrogens with zero attached hydrogens (tertiary/aromatic N) is 1. The second-order valence-electron chi connectivity index (χ2n) is 5.07. The van der Waals surface area contributed by atoms with Gasteiger partial charge in [-0.1, -0.05) is 11.8 Å². The lowest BCUT2D eigenvalue weighted by Crippen LogP contribution is -2.41. The second kappa shape index (κ2) is 7.44. The number of rotatable bonds is 5. The van der Waals surface area contributed by atoms with E-state index in [4.69, 9.17) is 5.11 Å². The van der Waals surface area contributed by atoms with E-state index >= 15 is 0 Å². The van der Waals surface area contributed by atoms with Gasteiger partial charge in [0.1, 0.15) is 0 Å². The Morgan fingerprint density at radius 1 is 1.45 bits per heavy atom. The van der Waals surface area contributed by atoms with E-state index in [0.717, 1.165) is 4.88 Å². The molecule has 1 aromatic heterocycles. The molecule has 0 saturated carbocycles. The zero-order valence-corrected chi connectivity index (χ0v) is 13.0. The molecule has 0 saturated heterocycles. The largest absolute Gasteiger partial charge is 0.395 e. The Morgan fingerprint density at radius 3 is 2.70 bits per heavy atom. The molecule has 110 valence electrons. The first-order valence-electron chi connectivity index (χ1n) is 6.58. The van der Waals surface area contributed by atoms with Crippen molar-refractivity contribution in [2.45, 2.75) is 32.8 Å². The first kappa shape index (κ1) is 16.7. The molecule has 0 bridgehead atoms. The van der Waals surface area contributed by atoms with E-state index in [2.05, 4.69) is 11.8 Å². The van der Waals surface area contributed by atoms with Crippen LogP contribution in [-0.2, 0) is 0 Å². The number of carbonyl (C=O) groups is 1. The van der Waals surface area contributed by atoms with Crippen LogP contribution in [0, 0.1) is 11.8 Å². The Balaban J connectivity index is 2.79. The van der Waals surface area contributed by atoms with Crippen LogP contribution in [0.15, 0.2) is 12.1 Å². The molecule has 0 atom stereocenters. The summed E-state index contributed by atoms with van der Waals surface area (Å²) < 4.78 is 0. The summed E-state index contributed by atoms with van der Waals surface area (Å²) in [6, 6.07) is 3.56. The molecular formula is C15H21NO3S. The summed E-state index contributed by atoms with van der Waals surface area (Å²) in [5, 5.41) is 18.5. The number of hydrogen-bond donors (Lipinski definition) is 2. The number of hydrogen-bond acceptors (Lipinski definition) is 4. The molecule has 20 heavy (non-hydrogen) atoms. The van der Waals surface area contributed by atoms with Crippen LogP contribution in [-0.4, -0.2) is 46.3 Å². The van der Waals surface area contributed by atoms with Gasteiger partial charge in [-0.2, -0.15) is 0 Å². The molecule has 1 aromatic rings. The molecule has 4 nitrogen and oxygen atoms in total. The Bertz CT molecular complexity index is 505. The van der Waals surface area contributed by atoms with E-state index in [0.29, 0.717) is 24.4 Å². The lowest BCUT2D eigenvalue weighted by molar-refractivity contribution is 0.0317. The van der Waals surface area contributed by atoms with Gasteiger partial charge in [0.2, 0.25) is 0 Å². The van der Waals surface area contributed by atoms with Crippen molar-refractivity contribution in [1.82, 2.24) is 4.90 Å². The molecule has 1 amide bonds. The van der Waals surface area contributed by atoms with Crippen LogP contribution in [0.4, 0.5) is 0 Å². The molecule has 0 aromatic carbocycles. The van der Waals surface area contributed by atoms with Crippen molar-refractivity contribution in [3.63, 3.8) is 0 Å². The number of aliphatic hydroxyl groups excluding tert-OH is 1. The summed E-state index contributed by atoms with van der Waals surface area (Å²) in [6.45, 7) is 6.14. The van der Waals surface area contributed by atoms with Crippen molar-refractivity contribution >= 4 is 17.2 Å². The van der Waals surface area contributed by atoms with Gasteiger partial charge < -0.3 is 15.1 Å². The van der Waals surface area contributed by atoms with Crippen LogP contribution in [0.3, 0.4) is 0 Å². The molecule has 0 unspecified atom stereocenters. The number of aliphatic hydroxyl groups is 2. The third-order valence-electron chi connectivity index (χ3n) is 2.51. The van der Waals surface area contributed by atoms with E-state index < -0.39 is 5.60 Å². The Labute approximate surface area is 124 Å². The first-order chi connectivity index (χ1) is 9.37. The van der Waals surface area contributed by atoms with E-state index in [1.165, 1.54) is 11.3 Å². The molecule has 0 aliphatic heterocycles. The number of carbonyl (C=O) groups excluding carboxylic acids is 1. The zero-order valence-electron chi connectivity index (χ0n) is 12.1. The predicted octanol–water partition coefficient (Wildman–Crippen LogP) is 1.71. The average molecular weight is 295 g/mol. The van der Waals surface area contributed by atoms with Crippen LogP contribution < -0.4 is 0 Å². The summed E-state index contributed by atoms with van der Waals surface area (Å²) in [5.41, 5.74) is -0.910. The molecule has 0 spiro atoms. The predicted molar refractivity (Wildman–Crippen MR) is 80.8 cm³/mol. The SMILES string of the molecule is CCN(CC(C)(C)O)C(=O)c1ccc(C#CCCO)s1. The summed E-state index contributed by atoms with van der Waals surface area (Å²) in [5.74, 6) is 5.66. The molecule has 0 fully saturated rings. The molecule has 1 rings (SSSR count). The highest BCUT2D eigenvalue weighted by atomic mass is 32.1. The van der Waals surface area contributed by atoms with Gasteiger partial charge in [0.05, 0.1) is 22.0 Å². The fraction of sp³-hybridized carbons (Fsp3) is 0.533. The maximum Gasteiger partial charge on any atom is 0.264 e. The summed E-state index contributed by atoms with van der Waals surface area (Å²) >= 11 is 1.33. The molecular weight excluding hydrogens is 274 g/mol. The molecule has 1 heterocycles. The first-order valence-corrected chi connectivity index (χ1v) is 7.40. The highest BCUT2D eigenvalue weighted by Crippen LogP contribution is 2.18. The average Bonchev–Trinajstić information content (AvgIpc) is 2.83. The van der Waals surface area contributed by atoms with Crippen LogP contribution in [0.1, 0.15) is 41.7 Å². The van der Waals surface area contributed by atoms with E-state index in [-0.39, 0.29) is 12.5 Å². The third-order valence-corrected chi connectivity index (χ3v) is 3.50. The highest BCUT2D eigenvalue weighted by Gasteiger charge is 2.23. The van der Waals surface area contributed by atoms with Crippen LogP contribution in [0.5, 0.6) is 0 Å². The smallest absolute Gasteiger partial charge is 0.264 e. The van der Waals surface area contributed by atoms with Gasteiger partial charge in [0, 0.05) is 19.5 Å². The monoisotopic (exact) mass is 295 g/mol. The van der Waals surface area contributed by atoms with E-state index in [1.54, 1.807) is 30.9 Å². The molecule has 2 N–H and O–H groups in total. The van der Waals surface area contributed by atoms with Gasteiger partial charge in [-0.05, 0) is 32.9 Å². The zero-order chi connectivity index (χ0) is 15.2. The normalized spacial score (nSPS) is 10.8. The third kappa shape index (κ3) is 5.33. The van der Waals surface area contributed by atoms with Crippen molar-refractivity contribution in [3.05, 3.63) is 21.9 Å². The Hall–Kier alpha value is -1.35. The van der Waals surface area contributed by atoms with E-state index in [9.17, 15) is 9.90 Å². The topological polar surface area (TPSA) is 60.8 Å². The van der Waals surface area contributed by atoms with Crippen molar-refractivity contribution in [2.75, 3.05) is 19.7 Å². The van der Waals surface area contributed by atoms with Crippen molar-refractivity contribution in [2.24, 2.45) is 0 Å². The summed E-state index contributed by atoms with van der Waals surface area (Å²) in [6.07, 6.45) is 0.432. The van der Waals surface area contributed by atoms with Gasteiger partial charge in [-0.15, -0.1) is 11.3 Å². The van der Waals surface area contributed by atoms with Gasteiger partial charge >= 0.3 is 0 Å². The van der Waals surface area contributed by atoms with Crippen LogP contribution >= 0.6 is 11.3 Å². The van der Waals surface area contributed by atoms with Crippen LogP contribution in [0.25, 0.3) is 0 Å². The fourth-order valence-corrected chi connectivity index (χ4v) is 2.52. The summed E-state index contributed by atoms with van der Waals surface area (Å²) in [4.78, 5) is 15.4.